The predicted octanol–water partition coefficient (Wildman–Crippen LogP) is 0.785. The van der Waals surface area contributed by atoms with E-state index >= 15 is 0 Å². The van der Waals surface area contributed by atoms with Gasteiger partial charge in [0.05, 0.1) is 5.92 Å². The number of carbonyl (C=O) groups is 1. The molecule has 2 fully saturated rings. The van der Waals surface area contributed by atoms with Crippen LogP contribution in [0, 0.1) is 11.8 Å². The molecule has 1 N–H and O–H groups in total. The zero-order valence-corrected chi connectivity index (χ0v) is 12.0. The topological polar surface area (TPSA) is 35.6 Å². The smallest absolute Gasteiger partial charge is 0.227 e. The van der Waals surface area contributed by atoms with Gasteiger partial charge in [0.2, 0.25) is 5.91 Å². The summed E-state index contributed by atoms with van der Waals surface area (Å²) in [5.41, 5.74) is 0. The molecule has 0 aliphatic carbocycles. The van der Waals surface area contributed by atoms with Crippen molar-refractivity contribution < 1.29 is 4.79 Å². The lowest BCUT2D eigenvalue weighted by atomic mass is 9.90. The lowest BCUT2D eigenvalue weighted by Gasteiger charge is -2.34. The van der Waals surface area contributed by atoms with Gasteiger partial charge < -0.3 is 15.1 Å². The third kappa shape index (κ3) is 3.23. The molecule has 2 aliphatic rings. The van der Waals surface area contributed by atoms with Crippen molar-refractivity contribution >= 4 is 5.91 Å². The normalized spacial score (nSPS) is 35.3. The Morgan fingerprint density at radius 3 is 2.72 bits per heavy atom. The van der Waals surface area contributed by atoms with Crippen molar-refractivity contribution in [2.24, 2.45) is 11.8 Å². The molecule has 0 bridgehead atoms. The maximum Gasteiger partial charge on any atom is 0.227 e. The first kappa shape index (κ1) is 13.8. The number of hydrogen-bond acceptors (Lipinski definition) is 3. The van der Waals surface area contributed by atoms with Gasteiger partial charge in [-0.05, 0) is 45.8 Å². The summed E-state index contributed by atoms with van der Waals surface area (Å²) in [6, 6.07) is 0.349. The van der Waals surface area contributed by atoms with E-state index in [0.717, 1.165) is 45.6 Å². The Morgan fingerprint density at radius 1 is 1.22 bits per heavy atom. The second kappa shape index (κ2) is 6.02. The highest BCUT2D eigenvalue weighted by Crippen LogP contribution is 2.20. The van der Waals surface area contributed by atoms with Crippen molar-refractivity contribution in [2.45, 2.75) is 32.7 Å². The molecule has 0 radical (unpaired) electrons. The first-order valence-corrected chi connectivity index (χ1v) is 7.27. The van der Waals surface area contributed by atoms with Gasteiger partial charge >= 0.3 is 0 Å². The van der Waals surface area contributed by atoms with E-state index in [4.69, 9.17) is 0 Å². The fourth-order valence-electron chi connectivity index (χ4n) is 3.28. The number of amides is 1. The summed E-state index contributed by atoms with van der Waals surface area (Å²) in [4.78, 5) is 17.1. The van der Waals surface area contributed by atoms with E-state index in [0.29, 0.717) is 17.9 Å². The molecule has 0 aromatic carbocycles. The molecule has 2 aliphatic heterocycles. The van der Waals surface area contributed by atoms with Gasteiger partial charge in [0.25, 0.3) is 0 Å². The highest BCUT2D eigenvalue weighted by molar-refractivity contribution is 5.79. The van der Waals surface area contributed by atoms with Crippen LogP contribution < -0.4 is 5.32 Å². The van der Waals surface area contributed by atoms with Crippen LogP contribution in [0.4, 0.5) is 0 Å². The van der Waals surface area contributed by atoms with Gasteiger partial charge in [-0.3, -0.25) is 4.79 Å². The van der Waals surface area contributed by atoms with Gasteiger partial charge in [0.15, 0.2) is 0 Å². The maximum atomic E-state index is 12.6. The average Bonchev–Trinajstić information content (AvgIpc) is 2.49. The Bertz CT molecular complexity index is 295. The number of nitrogens with zero attached hydrogens (tertiary/aromatic N) is 2. The van der Waals surface area contributed by atoms with E-state index in [1.165, 1.54) is 0 Å². The third-order valence-electron chi connectivity index (χ3n) is 4.25. The monoisotopic (exact) mass is 253 g/mol. The molecule has 0 spiro atoms. The molecule has 2 rings (SSSR count). The van der Waals surface area contributed by atoms with Crippen LogP contribution in [0.2, 0.25) is 0 Å². The van der Waals surface area contributed by atoms with Gasteiger partial charge in [0, 0.05) is 25.7 Å². The predicted molar refractivity (Wildman–Crippen MR) is 73.4 cm³/mol. The zero-order chi connectivity index (χ0) is 13.1. The second-order valence-corrected chi connectivity index (χ2v) is 6.19. The van der Waals surface area contributed by atoms with Gasteiger partial charge in [-0.25, -0.2) is 0 Å². The number of piperidine rings is 1. The van der Waals surface area contributed by atoms with Gasteiger partial charge in [0.1, 0.15) is 0 Å². The minimum Gasteiger partial charge on any atom is -0.338 e. The summed E-state index contributed by atoms with van der Waals surface area (Å²) < 4.78 is 0. The summed E-state index contributed by atoms with van der Waals surface area (Å²) in [5, 5.41) is 3.39. The first-order chi connectivity index (χ1) is 8.58. The van der Waals surface area contributed by atoms with E-state index < -0.39 is 0 Å². The molecule has 3 unspecified atom stereocenters. The van der Waals surface area contributed by atoms with E-state index in [2.05, 4.69) is 36.0 Å². The molecule has 2 saturated heterocycles. The summed E-state index contributed by atoms with van der Waals surface area (Å²) >= 11 is 0. The van der Waals surface area contributed by atoms with Crippen LogP contribution in [0.25, 0.3) is 0 Å². The van der Waals surface area contributed by atoms with Crippen LogP contribution in [0.3, 0.4) is 0 Å². The van der Waals surface area contributed by atoms with E-state index in [-0.39, 0.29) is 5.92 Å². The van der Waals surface area contributed by atoms with Gasteiger partial charge in [-0.15, -0.1) is 0 Å². The fraction of sp³-hybridized carbons (Fsp3) is 0.929. The first-order valence-electron chi connectivity index (χ1n) is 7.27. The molecule has 104 valence electrons. The van der Waals surface area contributed by atoms with Crippen molar-refractivity contribution in [2.75, 3.05) is 39.8 Å². The molecule has 4 nitrogen and oxygen atoms in total. The van der Waals surface area contributed by atoms with Crippen LogP contribution in [-0.4, -0.2) is 61.5 Å². The highest BCUT2D eigenvalue weighted by Gasteiger charge is 2.31. The number of nitrogens with one attached hydrogen (secondary N) is 1. The van der Waals surface area contributed by atoms with E-state index in [9.17, 15) is 4.79 Å². The number of carbonyl (C=O) groups excluding carboxylic acids is 1. The largest absolute Gasteiger partial charge is 0.338 e. The Balaban J connectivity index is 1.98. The number of likely N-dealkylation sites (N-methyl/N-ethyl adjacent to an activating group) is 1. The van der Waals surface area contributed by atoms with Gasteiger partial charge in [-0.1, -0.05) is 6.92 Å². The van der Waals surface area contributed by atoms with Crippen LogP contribution in [0.15, 0.2) is 0 Å². The third-order valence-corrected chi connectivity index (χ3v) is 4.25. The van der Waals surface area contributed by atoms with Crippen LogP contribution in [0.5, 0.6) is 0 Å². The fourth-order valence-corrected chi connectivity index (χ4v) is 3.28. The summed E-state index contributed by atoms with van der Waals surface area (Å²) in [7, 11) is 2.15. The van der Waals surface area contributed by atoms with Crippen molar-refractivity contribution in [3.05, 3.63) is 0 Å². The van der Waals surface area contributed by atoms with Crippen molar-refractivity contribution in [1.29, 1.82) is 0 Å². The Labute approximate surface area is 111 Å². The minimum atomic E-state index is 0.194. The molecule has 0 aromatic heterocycles. The summed E-state index contributed by atoms with van der Waals surface area (Å²) in [6.45, 7) is 9.36. The van der Waals surface area contributed by atoms with Crippen molar-refractivity contribution in [1.82, 2.24) is 15.1 Å². The number of rotatable bonds is 1. The zero-order valence-electron chi connectivity index (χ0n) is 12.0. The van der Waals surface area contributed by atoms with Gasteiger partial charge in [-0.2, -0.15) is 0 Å². The van der Waals surface area contributed by atoms with E-state index in [1.54, 1.807) is 0 Å². The molecule has 2 heterocycles. The molecule has 4 heteroatoms. The molecule has 1 amide bonds. The number of hydrogen-bond donors (Lipinski definition) is 1. The molecule has 0 saturated carbocycles. The highest BCUT2D eigenvalue weighted by atomic mass is 16.2. The quantitative estimate of drug-likeness (QED) is 0.750. The standard InChI is InChI=1S/C14H27N3O/c1-11-7-13(9-15-8-11)14(18)17-6-4-5-16(3)10-12(17)2/h11-13,15H,4-10H2,1-3H3. The van der Waals surface area contributed by atoms with Crippen LogP contribution in [0.1, 0.15) is 26.7 Å². The molecule has 0 aromatic rings. The SMILES string of the molecule is CC1CNCC(C(=O)N2CCCN(C)CC2C)C1. The molecule has 3 atom stereocenters. The summed E-state index contributed by atoms with van der Waals surface area (Å²) in [6.07, 6.45) is 2.15. The molecular weight excluding hydrogens is 226 g/mol. The van der Waals surface area contributed by atoms with Crippen molar-refractivity contribution in [3.8, 4) is 0 Å². The summed E-state index contributed by atoms with van der Waals surface area (Å²) in [5.74, 6) is 1.19. The Morgan fingerprint density at radius 2 is 2.00 bits per heavy atom. The average molecular weight is 253 g/mol. The van der Waals surface area contributed by atoms with E-state index in [1.807, 2.05) is 0 Å². The minimum absolute atomic E-state index is 0.194. The Kier molecular flexibility index (Phi) is 4.62. The second-order valence-electron chi connectivity index (χ2n) is 6.19. The maximum absolute atomic E-state index is 12.6. The molecular formula is C14H27N3O. The van der Waals surface area contributed by atoms with Crippen LogP contribution >= 0.6 is 0 Å². The van der Waals surface area contributed by atoms with Crippen molar-refractivity contribution in [3.63, 3.8) is 0 Å². The lowest BCUT2D eigenvalue weighted by molar-refractivity contribution is -0.138. The lowest BCUT2D eigenvalue weighted by Crippen LogP contribution is -2.49. The van der Waals surface area contributed by atoms with Crippen LogP contribution in [-0.2, 0) is 4.79 Å². The Hall–Kier alpha value is -0.610. The molecule has 18 heavy (non-hydrogen) atoms.